The summed E-state index contributed by atoms with van der Waals surface area (Å²) in [6, 6.07) is 10.1. The van der Waals surface area contributed by atoms with Crippen LogP contribution in [0.5, 0.6) is 0 Å². The molecule has 0 aromatic heterocycles. The molecule has 2 heterocycles. The van der Waals surface area contributed by atoms with Gasteiger partial charge >= 0.3 is 17.1 Å². The molecule has 176 valence electrons. The van der Waals surface area contributed by atoms with Crippen molar-refractivity contribution in [2.45, 2.75) is 106 Å². The minimum atomic E-state index is -2.74. The molecule has 5 nitrogen and oxygen atoms in total. The predicted molar refractivity (Wildman–Crippen MR) is 131 cm³/mol. The molecule has 2 aliphatic rings. The number of benzene rings is 1. The molecule has 3 rings (SSSR count). The normalized spacial score (nSPS) is 30.6. The van der Waals surface area contributed by atoms with Crippen molar-refractivity contribution in [1.29, 1.82) is 0 Å². The Morgan fingerprint density at radius 3 is 1.94 bits per heavy atom. The van der Waals surface area contributed by atoms with Crippen LogP contribution in [0.2, 0.25) is 22.2 Å². The van der Waals surface area contributed by atoms with E-state index in [1.165, 1.54) is 0 Å². The quantitative estimate of drug-likeness (QED) is 0.513. The number of thioether (sulfide) groups is 1. The summed E-state index contributed by atoms with van der Waals surface area (Å²) in [6.07, 6.45) is -1.48. The first-order valence-electron chi connectivity index (χ1n) is 11.6. The maximum absolute atomic E-state index is 11.3. The van der Waals surface area contributed by atoms with Gasteiger partial charge in [0.2, 0.25) is 0 Å². The predicted octanol–water partition coefficient (Wildman–Crippen LogP) is 5.82. The van der Waals surface area contributed by atoms with Gasteiger partial charge in [-0.3, -0.25) is 0 Å². The van der Waals surface area contributed by atoms with Crippen molar-refractivity contribution in [3.63, 3.8) is 0 Å². The first-order valence-corrected chi connectivity index (χ1v) is 16.4. The molecule has 8 heteroatoms. The van der Waals surface area contributed by atoms with Crippen LogP contribution in [0.1, 0.15) is 55.4 Å². The van der Waals surface area contributed by atoms with E-state index in [4.69, 9.17) is 17.7 Å². The Hall–Kier alpha value is -0.196. The van der Waals surface area contributed by atoms with Gasteiger partial charge in [-0.1, -0.05) is 85.4 Å². The number of fused-ring (bicyclic) bond motifs is 1. The van der Waals surface area contributed by atoms with E-state index >= 15 is 0 Å². The standard InChI is InChI=1S/C23H40O5SSi2/c1-15(2)30(16(3)4)25-14-20-22(27-31(28-30,17(5)6)18(7)8)21(24)23(26-20)29-19-12-10-9-11-13-19/h9-13,15-18,20-24H,14H2,1-8H3/t20-,21-,22-,23+/m1/s1. The van der Waals surface area contributed by atoms with Gasteiger partial charge in [0.25, 0.3) is 0 Å². The number of rotatable bonds is 6. The van der Waals surface area contributed by atoms with E-state index < -0.39 is 29.3 Å². The maximum Gasteiger partial charge on any atom is 0.335 e. The van der Waals surface area contributed by atoms with E-state index in [1.807, 2.05) is 30.3 Å². The number of aliphatic hydroxyl groups is 1. The topological polar surface area (TPSA) is 57.2 Å². The lowest BCUT2D eigenvalue weighted by Crippen LogP contribution is -2.65. The van der Waals surface area contributed by atoms with Crippen LogP contribution in [-0.2, 0) is 17.7 Å². The Kier molecular flexibility index (Phi) is 8.18. The number of aliphatic hydroxyl groups excluding tert-OH is 1. The second-order valence-electron chi connectivity index (χ2n) is 10.0. The van der Waals surface area contributed by atoms with Gasteiger partial charge in [-0.05, 0) is 34.3 Å². The van der Waals surface area contributed by atoms with Crippen molar-refractivity contribution in [2.75, 3.05) is 6.61 Å². The summed E-state index contributed by atoms with van der Waals surface area (Å²) >= 11 is 1.55. The van der Waals surface area contributed by atoms with Gasteiger partial charge in [0.1, 0.15) is 23.7 Å². The molecule has 0 bridgehead atoms. The molecule has 0 amide bonds. The number of hydrogen-bond donors (Lipinski definition) is 1. The highest BCUT2D eigenvalue weighted by molar-refractivity contribution is 7.99. The minimum absolute atomic E-state index is 0.229. The van der Waals surface area contributed by atoms with Gasteiger partial charge in [0, 0.05) is 4.90 Å². The van der Waals surface area contributed by atoms with Gasteiger partial charge in [0.05, 0.1) is 6.61 Å². The van der Waals surface area contributed by atoms with Crippen LogP contribution in [0.4, 0.5) is 0 Å². The van der Waals surface area contributed by atoms with Gasteiger partial charge in [-0.2, -0.15) is 0 Å². The average Bonchev–Trinajstić information content (AvgIpc) is 2.96. The molecule has 31 heavy (non-hydrogen) atoms. The molecule has 1 N–H and O–H groups in total. The second kappa shape index (κ2) is 9.97. The van der Waals surface area contributed by atoms with Crippen LogP contribution in [0.15, 0.2) is 35.2 Å². The fraction of sp³-hybridized carbons (Fsp3) is 0.739. The lowest BCUT2D eigenvalue weighted by Gasteiger charge is -2.51. The Balaban J connectivity index is 1.97. The fourth-order valence-electron chi connectivity index (χ4n) is 4.85. The minimum Gasteiger partial charge on any atom is -0.414 e. The molecule has 1 aromatic rings. The molecule has 2 saturated heterocycles. The third kappa shape index (κ3) is 4.87. The third-order valence-corrected chi connectivity index (χ3v) is 18.0. The summed E-state index contributed by atoms with van der Waals surface area (Å²) in [5.74, 6) is 0. The third-order valence-electron chi connectivity index (χ3n) is 6.62. The van der Waals surface area contributed by atoms with Crippen LogP contribution in [0.25, 0.3) is 0 Å². The summed E-state index contributed by atoms with van der Waals surface area (Å²) in [6.45, 7) is 18.0. The molecule has 0 radical (unpaired) electrons. The summed E-state index contributed by atoms with van der Waals surface area (Å²) in [7, 11) is -5.33. The van der Waals surface area contributed by atoms with E-state index in [0.717, 1.165) is 4.90 Å². The lowest BCUT2D eigenvalue weighted by atomic mass is 10.2. The summed E-state index contributed by atoms with van der Waals surface area (Å²) < 4.78 is 27.2. The van der Waals surface area contributed by atoms with Crippen molar-refractivity contribution < 1.29 is 22.8 Å². The Morgan fingerprint density at radius 1 is 0.871 bits per heavy atom. The van der Waals surface area contributed by atoms with E-state index in [2.05, 4.69) is 55.4 Å². The highest BCUT2D eigenvalue weighted by atomic mass is 32.2. The molecule has 2 fully saturated rings. The second-order valence-corrected chi connectivity index (χ2v) is 20.0. The zero-order valence-electron chi connectivity index (χ0n) is 20.2. The van der Waals surface area contributed by atoms with Crippen molar-refractivity contribution in [2.24, 2.45) is 0 Å². The van der Waals surface area contributed by atoms with E-state index in [1.54, 1.807) is 11.8 Å². The van der Waals surface area contributed by atoms with Crippen LogP contribution in [0.3, 0.4) is 0 Å². The van der Waals surface area contributed by atoms with Gasteiger partial charge < -0.3 is 22.8 Å². The van der Waals surface area contributed by atoms with Crippen molar-refractivity contribution in [3.8, 4) is 0 Å². The lowest BCUT2D eigenvalue weighted by molar-refractivity contribution is -0.0315. The first-order chi connectivity index (χ1) is 14.5. The highest BCUT2D eigenvalue weighted by Gasteiger charge is 2.61. The zero-order valence-corrected chi connectivity index (χ0v) is 23.0. The summed E-state index contributed by atoms with van der Waals surface area (Å²) in [4.78, 5) is 1.07. The zero-order chi connectivity index (χ0) is 23.0. The van der Waals surface area contributed by atoms with Crippen LogP contribution < -0.4 is 0 Å². The monoisotopic (exact) mass is 484 g/mol. The molecule has 0 saturated carbocycles. The highest BCUT2D eigenvalue weighted by Crippen LogP contribution is 2.48. The van der Waals surface area contributed by atoms with E-state index in [0.29, 0.717) is 6.61 Å². The molecule has 0 aliphatic carbocycles. The largest absolute Gasteiger partial charge is 0.414 e. The fourth-order valence-corrected chi connectivity index (χ4v) is 17.1. The van der Waals surface area contributed by atoms with Gasteiger partial charge in [-0.25, -0.2) is 0 Å². The Morgan fingerprint density at radius 2 is 1.42 bits per heavy atom. The molecule has 0 spiro atoms. The van der Waals surface area contributed by atoms with Crippen LogP contribution >= 0.6 is 11.8 Å². The van der Waals surface area contributed by atoms with Crippen molar-refractivity contribution in [1.82, 2.24) is 0 Å². The molecular weight excluding hydrogens is 444 g/mol. The maximum atomic E-state index is 11.3. The SMILES string of the molecule is CC(C)[Si]1(C(C)C)OC[C@H]2O[C@@H](Sc3ccccc3)[C@H](O)[C@@H]2O[Si](C(C)C)(C(C)C)O1. The number of hydrogen-bond acceptors (Lipinski definition) is 6. The van der Waals surface area contributed by atoms with Gasteiger partial charge in [0.15, 0.2) is 0 Å². The molecule has 2 aliphatic heterocycles. The summed E-state index contributed by atoms with van der Waals surface area (Å²) in [5, 5.41) is 11.3. The van der Waals surface area contributed by atoms with Gasteiger partial charge in [-0.15, -0.1) is 0 Å². The van der Waals surface area contributed by atoms with Crippen molar-refractivity contribution >= 4 is 28.9 Å². The van der Waals surface area contributed by atoms with Crippen LogP contribution in [0, 0.1) is 0 Å². The molecule has 4 atom stereocenters. The molecule has 0 unspecified atom stereocenters. The van der Waals surface area contributed by atoms with Crippen LogP contribution in [-0.4, -0.2) is 52.6 Å². The molecular formula is C23H40O5SSi2. The average molecular weight is 485 g/mol. The summed E-state index contributed by atoms with van der Waals surface area (Å²) in [5.41, 5.74) is 0.648. The van der Waals surface area contributed by atoms with E-state index in [9.17, 15) is 5.11 Å². The number of ether oxygens (including phenoxy) is 1. The van der Waals surface area contributed by atoms with E-state index in [-0.39, 0.29) is 33.7 Å². The smallest absolute Gasteiger partial charge is 0.335 e. The Labute approximate surface area is 194 Å². The first kappa shape index (κ1) is 25.4. The molecule has 1 aromatic carbocycles. The Bertz CT molecular complexity index is 699. The van der Waals surface area contributed by atoms with Crippen molar-refractivity contribution in [3.05, 3.63) is 30.3 Å².